The summed E-state index contributed by atoms with van der Waals surface area (Å²) in [6.45, 7) is 0.438. The molecule has 0 unspecified atom stereocenters. The van der Waals surface area contributed by atoms with Gasteiger partial charge in [0.05, 0.1) is 13.7 Å². The van der Waals surface area contributed by atoms with Crippen LogP contribution >= 0.6 is 0 Å². The van der Waals surface area contributed by atoms with Crippen LogP contribution in [-0.4, -0.2) is 22.8 Å². The number of amides is 1. The summed E-state index contributed by atoms with van der Waals surface area (Å²) in [5.41, 5.74) is 0.510. The zero-order chi connectivity index (χ0) is 21.6. The monoisotopic (exact) mass is 421 g/mol. The Hall–Kier alpha value is -4.07. The lowest BCUT2D eigenvalue weighted by molar-refractivity contribution is 0.0992. The maximum atomic E-state index is 13.8. The van der Waals surface area contributed by atoms with E-state index in [0.29, 0.717) is 22.9 Å². The first-order valence-corrected chi connectivity index (χ1v) is 9.54. The van der Waals surface area contributed by atoms with Crippen LogP contribution in [0.15, 0.2) is 77.3 Å². The molecule has 0 spiro atoms. The van der Waals surface area contributed by atoms with E-state index in [-0.39, 0.29) is 24.7 Å². The van der Waals surface area contributed by atoms with Gasteiger partial charge in [0.1, 0.15) is 29.7 Å². The molecule has 4 rings (SSSR count). The van der Waals surface area contributed by atoms with Crippen LogP contribution < -0.4 is 14.8 Å². The number of furan rings is 1. The molecule has 2 aromatic heterocycles. The molecule has 0 aliphatic rings. The third-order valence-electron chi connectivity index (χ3n) is 4.50. The van der Waals surface area contributed by atoms with E-state index < -0.39 is 5.91 Å². The number of halogens is 1. The number of rotatable bonds is 8. The van der Waals surface area contributed by atoms with Crippen LogP contribution in [0.5, 0.6) is 11.5 Å². The summed E-state index contributed by atoms with van der Waals surface area (Å²) in [5.74, 6) is 1.64. The van der Waals surface area contributed by atoms with Crippen molar-refractivity contribution in [2.24, 2.45) is 0 Å². The van der Waals surface area contributed by atoms with Crippen molar-refractivity contribution in [2.45, 2.75) is 13.2 Å². The molecular formula is C23H20FN3O4. The average Bonchev–Trinajstić information content (AvgIpc) is 3.44. The highest BCUT2D eigenvalue weighted by molar-refractivity contribution is 6.01. The molecular weight excluding hydrogens is 401 g/mol. The number of carbonyl (C=O) groups is 1. The van der Waals surface area contributed by atoms with Gasteiger partial charge in [-0.1, -0.05) is 18.2 Å². The molecule has 0 radical (unpaired) electrons. The molecule has 158 valence electrons. The average molecular weight is 421 g/mol. The Morgan fingerprint density at radius 1 is 1.06 bits per heavy atom. The molecule has 0 saturated heterocycles. The smallest absolute Gasteiger partial charge is 0.292 e. The Labute approximate surface area is 178 Å². The summed E-state index contributed by atoms with van der Waals surface area (Å²) in [4.78, 5) is 12.4. The van der Waals surface area contributed by atoms with Gasteiger partial charge < -0.3 is 19.2 Å². The van der Waals surface area contributed by atoms with Crippen molar-refractivity contribution in [3.63, 3.8) is 0 Å². The number of hydrogen-bond donors (Lipinski definition) is 1. The van der Waals surface area contributed by atoms with Crippen LogP contribution in [0.2, 0.25) is 0 Å². The van der Waals surface area contributed by atoms with Crippen molar-refractivity contribution in [2.75, 3.05) is 12.4 Å². The summed E-state index contributed by atoms with van der Waals surface area (Å²) in [7, 11) is 1.60. The first-order chi connectivity index (χ1) is 15.1. The summed E-state index contributed by atoms with van der Waals surface area (Å²) in [6, 6.07) is 18.5. The van der Waals surface area contributed by atoms with Gasteiger partial charge in [0.25, 0.3) is 5.91 Å². The fourth-order valence-electron chi connectivity index (χ4n) is 2.90. The van der Waals surface area contributed by atoms with E-state index in [4.69, 9.17) is 13.9 Å². The third kappa shape index (κ3) is 5.11. The molecule has 0 saturated carbocycles. The lowest BCUT2D eigenvalue weighted by Gasteiger charge is -2.05. The summed E-state index contributed by atoms with van der Waals surface area (Å²) >= 11 is 0. The van der Waals surface area contributed by atoms with E-state index in [9.17, 15) is 9.18 Å². The Morgan fingerprint density at radius 2 is 1.84 bits per heavy atom. The molecule has 0 bridgehead atoms. The van der Waals surface area contributed by atoms with Gasteiger partial charge in [-0.2, -0.15) is 5.10 Å². The van der Waals surface area contributed by atoms with E-state index in [2.05, 4.69) is 10.4 Å². The van der Waals surface area contributed by atoms with Crippen molar-refractivity contribution in [3.8, 4) is 11.5 Å². The first-order valence-electron chi connectivity index (χ1n) is 9.54. The molecule has 7 nitrogen and oxygen atoms in total. The van der Waals surface area contributed by atoms with Gasteiger partial charge in [-0.25, -0.2) is 4.39 Å². The molecule has 0 aliphatic carbocycles. The van der Waals surface area contributed by atoms with Crippen LogP contribution in [0, 0.1) is 5.82 Å². The van der Waals surface area contributed by atoms with Gasteiger partial charge >= 0.3 is 0 Å². The van der Waals surface area contributed by atoms with Gasteiger partial charge in [-0.15, -0.1) is 0 Å². The van der Waals surface area contributed by atoms with Crippen LogP contribution in [-0.2, 0) is 13.2 Å². The maximum Gasteiger partial charge on any atom is 0.292 e. The van der Waals surface area contributed by atoms with Crippen molar-refractivity contribution in [3.05, 3.63) is 95.8 Å². The van der Waals surface area contributed by atoms with Gasteiger partial charge in [0, 0.05) is 17.8 Å². The van der Waals surface area contributed by atoms with Crippen molar-refractivity contribution in [1.29, 1.82) is 0 Å². The zero-order valence-electron chi connectivity index (χ0n) is 16.7. The Kier molecular flexibility index (Phi) is 5.98. The molecule has 1 N–H and O–H groups in total. The molecule has 31 heavy (non-hydrogen) atoms. The highest BCUT2D eigenvalue weighted by atomic mass is 19.1. The standard InChI is InChI=1S/C23H20FN3O4/c1-29-17-6-8-18(9-7-17)30-15-19-10-11-21(31-19)23(28)25-22-12-13-27(26-22)14-16-4-2-3-5-20(16)24/h2-13H,14-15H2,1H3,(H,25,26,28). The summed E-state index contributed by atoms with van der Waals surface area (Å²) in [5, 5.41) is 6.92. The quantitative estimate of drug-likeness (QED) is 0.453. The molecule has 0 atom stereocenters. The maximum absolute atomic E-state index is 13.8. The number of nitrogens with one attached hydrogen (secondary N) is 1. The molecule has 2 aromatic carbocycles. The van der Waals surface area contributed by atoms with Crippen molar-refractivity contribution >= 4 is 11.7 Å². The van der Waals surface area contributed by atoms with Crippen LogP contribution in [0.3, 0.4) is 0 Å². The molecule has 1 amide bonds. The molecule has 8 heteroatoms. The SMILES string of the molecule is COc1ccc(OCc2ccc(C(=O)Nc3ccn(Cc4ccccc4F)n3)o2)cc1. The van der Waals surface area contributed by atoms with Gasteiger partial charge in [0.15, 0.2) is 11.6 Å². The fraction of sp³-hybridized carbons (Fsp3) is 0.130. The number of methoxy groups -OCH3 is 1. The highest BCUT2D eigenvalue weighted by Gasteiger charge is 2.14. The lowest BCUT2D eigenvalue weighted by Crippen LogP contribution is -2.12. The molecule has 2 heterocycles. The highest BCUT2D eigenvalue weighted by Crippen LogP contribution is 2.19. The number of anilines is 1. The van der Waals surface area contributed by atoms with Crippen molar-refractivity contribution in [1.82, 2.24) is 9.78 Å². The Morgan fingerprint density at radius 3 is 2.61 bits per heavy atom. The van der Waals surface area contributed by atoms with E-state index in [1.807, 2.05) is 0 Å². The van der Waals surface area contributed by atoms with E-state index >= 15 is 0 Å². The Balaban J connectivity index is 1.32. The van der Waals surface area contributed by atoms with Crippen LogP contribution in [0.4, 0.5) is 10.2 Å². The van der Waals surface area contributed by atoms with Gasteiger partial charge in [0.2, 0.25) is 0 Å². The molecule has 4 aromatic rings. The van der Waals surface area contributed by atoms with E-state index in [0.717, 1.165) is 5.75 Å². The van der Waals surface area contributed by atoms with E-state index in [1.54, 1.807) is 78.7 Å². The number of benzene rings is 2. The summed E-state index contributed by atoms with van der Waals surface area (Å²) in [6.07, 6.45) is 1.66. The number of nitrogens with zero attached hydrogens (tertiary/aromatic N) is 2. The predicted octanol–water partition coefficient (Wildman–Crippen LogP) is 4.50. The summed E-state index contributed by atoms with van der Waals surface area (Å²) < 4.78 is 31.6. The second kappa shape index (κ2) is 9.17. The molecule has 0 fully saturated rings. The van der Waals surface area contributed by atoms with Crippen LogP contribution in [0.25, 0.3) is 0 Å². The van der Waals surface area contributed by atoms with Gasteiger partial charge in [-0.3, -0.25) is 9.48 Å². The number of aromatic nitrogens is 2. The number of ether oxygens (including phenoxy) is 2. The minimum Gasteiger partial charge on any atom is -0.497 e. The normalized spacial score (nSPS) is 10.6. The Bertz CT molecular complexity index is 1170. The first kappa shape index (κ1) is 20.2. The third-order valence-corrected chi connectivity index (χ3v) is 4.50. The van der Waals surface area contributed by atoms with E-state index in [1.165, 1.54) is 6.07 Å². The fourth-order valence-corrected chi connectivity index (χ4v) is 2.90. The number of carbonyl (C=O) groups excluding carboxylic acids is 1. The minimum absolute atomic E-state index is 0.136. The second-order valence-corrected chi connectivity index (χ2v) is 6.67. The second-order valence-electron chi connectivity index (χ2n) is 6.67. The number of hydrogen-bond acceptors (Lipinski definition) is 5. The zero-order valence-corrected chi connectivity index (χ0v) is 16.7. The predicted molar refractivity (Wildman–Crippen MR) is 112 cm³/mol. The topological polar surface area (TPSA) is 78.5 Å². The van der Waals surface area contributed by atoms with Crippen molar-refractivity contribution < 1.29 is 23.1 Å². The molecule has 0 aliphatic heterocycles. The minimum atomic E-state index is -0.438. The largest absolute Gasteiger partial charge is 0.497 e. The van der Waals surface area contributed by atoms with Gasteiger partial charge in [-0.05, 0) is 42.5 Å². The lowest BCUT2D eigenvalue weighted by atomic mass is 10.2. The van der Waals surface area contributed by atoms with Crippen LogP contribution in [0.1, 0.15) is 21.9 Å².